The number of nitrogens with zero attached hydrogens (tertiary/aromatic N) is 2. The molecule has 0 saturated heterocycles. The van der Waals surface area contributed by atoms with E-state index in [1.54, 1.807) is 22.9 Å². The van der Waals surface area contributed by atoms with E-state index in [-0.39, 0.29) is 11.9 Å². The maximum Gasteiger partial charge on any atom is 0.251 e. The van der Waals surface area contributed by atoms with Crippen molar-refractivity contribution in [1.29, 1.82) is 0 Å². The van der Waals surface area contributed by atoms with E-state index < -0.39 is 0 Å². The van der Waals surface area contributed by atoms with Crippen molar-refractivity contribution in [3.63, 3.8) is 0 Å². The van der Waals surface area contributed by atoms with E-state index in [9.17, 15) is 4.79 Å². The van der Waals surface area contributed by atoms with E-state index in [2.05, 4.69) is 24.3 Å². The second-order valence-corrected chi connectivity index (χ2v) is 7.86. The number of hydrogen-bond donors (Lipinski definition) is 2. The molecular formula is C22H25ClN4O. The van der Waals surface area contributed by atoms with Crippen LogP contribution in [-0.4, -0.2) is 21.7 Å². The van der Waals surface area contributed by atoms with E-state index in [0.29, 0.717) is 22.3 Å². The Bertz CT molecular complexity index is 963. The number of halogens is 1. The third-order valence-electron chi connectivity index (χ3n) is 4.43. The number of benzene rings is 2. The van der Waals surface area contributed by atoms with Gasteiger partial charge in [0.05, 0.1) is 11.4 Å². The van der Waals surface area contributed by atoms with Crippen molar-refractivity contribution >= 4 is 23.3 Å². The summed E-state index contributed by atoms with van der Waals surface area (Å²) in [6.07, 6.45) is 0.944. The fourth-order valence-electron chi connectivity index (χ4n) is 3.22. The minimum atomic E-state index is -0.0762. The number of carbonyl (C=O) groups is 1. The number of rotatable bonds is 6. The molecule has 3 N–H and O–H groups in total. The van der Waals surface area contributed by atoms with Gasteiger partial charge in [0.2, 0.25) is 0 Å². The Kier molecular flexibility index (Phi) is 6.05. The van der Waals surface area contributed by atoms with Crippen molar-refractivity contribution < 1.29 is 4.79 Å². The summed E-state index contributed by atoms with van der Waals surface area (Å²) in [7, 11) is 0. The van der Waals surface area contributed by atoms with E-state index >= 15 is 0 Å². The fourth-order valence-corrected chi connectivity index (χ4v) is 3.41. The van der Waals surface area contributed by atoms with Crippen LogP contribution in [0.2, 0.25) is 5.02 Å². The first-order valence-electron chi connectivity index (χ1n) is 9.36. The number of amides is 1. The molecule has 1 aromatic heterocycles. The Labute approximate surface area is 170 Å². The second kappa shape index (κ2) is 8.48. The van der Waals surface area contributed by atoms with Gasteiger partial charge in [0.15, 0.2) is 0 Å². The number of nitrogen functional groups attached to an aromatic ring is 1. The summed E-state index contributed by atoms with van der Waals surface area (Å²) < 4.78 is 1.65. The molecule has 1 amide bonds. The highest BCUT2D eigenvalue weighted by Gasteiger charge is 2.13. The second-order valence-electron chi connectivity index (χ2n) is 7.43. The van der Waals surface area contributed by atoms with Crippen molar-refractivity contribution in [2.45, 2.75) is 33.2 Å². The standard InChI is InChI=1S/C22H25ClN4O/c1-14(2)11-15(3)25-22(28)16-7-9-19(10-8-16)27-21(24)13-20(26-27)17-5-4-6-18(23)12-17/h4-10,12-15H,11,24H2,1-3H3,(H,25,28). The summed E-state index contributed by atoms with van der Waals surface area (Å²) in [5.74, 6) is 0.972. The smallest absolute Gasteiger partial charge is 0.251 e. The topological polar surface area (TPSA) is 72.9 Å². The largest absolute Gasteiger partial charge is 0.384 e. The summed E-state index contributed by atoms with van der Waals surface area (Å²) in [6.45, 7) is 6.31. The van der Waals surface area contributed by atoms with Crippen LogP contribution in [0.25, 0.3) is 16.9 Å². The lowest BCUT2D eigenvalue weighted by Gasteiger charge is -2.16. The third kappa shape index (κ3) is 4.73. The van der Waals surface area contributed by atoms with Gasteiger partial charge in [-0.25, -0.2) is 4.68 Å². The molecule has 28 heavy (non-hydrogen) atoms. The van der Waals surface area contributed by atoms with Gasteiger partial charge in [-0.1, -0.05) is 37.6 Å². The molecule has 2 aromatic carbocycles. The summed E-state index contributed by atoms with van der Waals surface area (Å²) in [6, 6.07) is 16.7. The first-order valence-corrected chi connectivity index (χ1v) is 9.74. The van der Waals surface area contributed by atoms with Crippen LogP contribution in [0.5, 0.6) is 0 Å². The molecule has 5 nitrogen and oxygen atoms in total. The molecule has 0 spiro atoms. The first kappa shape index (κ1) is 20.0. The highest BCUT2D eigenvalue weighted by Crippen LogP contribution is 2.25. The Morgan fingerprint density at radius 2 is 1.86 bits per heavy atom. The van der Waals surface area contributed by atoms with Crippen LogP contribution in [0.15, 0.2) is 54.6 Å². The molecule has 0 aliphatic heterocycles. The fraction of sp³-hybridized carbons (Fsp3) is 0.273. The van der Waals surface area contributed by atoms with Crippen LogP contribution in [-0.2, 0) is 0 Å². The van der Waals surface area contributed by atoms with Crippen molar-refractivity contribution in [2.24, 2.45) is 5.92 Å². The van der Waals surface area contributed by atoms with Crippen LogP contribution in [0.4, 0.5) is 5.82 Å². The summed E-state index contributed by atoms with van der Waals surface area (Å²) >= 11 is 6.07. The molecule has 146 valence electrons. The molecule has 0 fully saturated rings. The predicted molar refractivity (Wildman–Crippen MR) is 115 cm³/mol. The molecule has 1 atom stereocenters. The zero-order chi connectivity index (χ0) is 20.3. The number of nitrogens with one attached hydrogen (secondary N) is 1. The van der Waals surface area contributed by atoms with Gasteiger partial charge in [-0.3, -0.25) is 4.79 Å². The quantitative estimate of drug-likeness (QED) is 0.619. The van der Waals surface area contributed by atoms with E-state index in [1.165, 1.54) is 0 Å². The molecule has 3 rings (SSSR count). The van der Waals surface area contributed by atoms with Gasteiger partial charge in [-0.15, -0.1) is 0 Å². The lowest BCUT2D eigenvalue weighted by molar-refractivity contribution is 0.0936. The summed E-state index contributed by atoms with van der Waals surface area (Å²) in [5.41, 5.74) is 9.18. The molecule has 0 radical (unpaired) electrons. The normalized spacial score (nSPS) is 12.2. The maximum atomic E-state index is 12.4. The predicted octanol–water partition coefficient (Wildman–Crippen LogP) is 4.94. The average molecular weight is 397 g/mol. The van der Waals surface area contributed by atoms with E-state index in [0.717, 1.165) is 23.4 Å². The van der Waals surface area contributed by atoms with E-state index in [4.69, 9.17) is 17.3 Å². The van der Waals surface area contributed by atoms with Crippen molar-refractivity contribution in [1.82, 2.24) is 15.1 Å². The van der Waals surface area contributed by atoms with Crippen molar-refractivity contribution in [3.05, 3.63) is 65.2 Å². The van der Waals surface area contributed by atoms with Crippen LogP contribution in [0, 0.1) is 5.92 Å². The minimum Gasteiger partial charge on any atom is -0.384 e. The van der Waals surface area contributed by atoms with Gasteiger partial charge in [0.1, 0.15) is 5.82 Å². The Hall–Kier alpha value is -2.79. The lowest BCUT2D eigenvalue weighted by atomic mass is 10.0. The number of carbonyl (C=O) groups excluding carboxylic acids is 1. The maximum absolute atomic E-state index is 12.4. The van der Waals surface area contributed by atoms with Gasteiger partial charge in [-0.2, -0.15) is 5.10 Å². The summed E-state index contributed by atoms with van der Waals surface area (Å²) in [5, 5.41) is 8.26. The third-order valence-corrected chi connectivity index (χ3v) is 4.67. The zero-order valence-electron chi connectivity index (χ0n) is 16.3. The minimum absolute atomic E-state index is 0.0762. The molecule has 0 saturated carbocycles. The summed E-state index contributed by atoms with van der Waals surface area (Å²) in [4.78, 5) is 12.4. The average Bonchev–Trinajstić information content (AvgIpc) is 3.03. The Morgan fingerprint density at radius 3 is 2.50 bits per heavy atom. The SMILES string of the molecule is CC(C)CC(C)NC(=O)c1ccc(-n2nc(-c3cccc(Cl)c3)cc2N)cc1. The molecule has 6 heteroatoms. The van der Waals surface area contributed by atoms with E-state index in [1.807, 2.05) is 43.3 Å². The van der Waals surface area contributed by atoms with Gasteiger partial charge in [-0.05, 0) is 55.7 Å². The highest BCUT2D eigenvalue weighted by molar-refractivity contribution is 6.30. The highest BCUT2D eigenvalue weighted by atomic mass is 35.5. The van der Waals surface area contributed by atoms with Gasteiger partial charge < -0.3 is 11.1 Å². The van der Waals surface area contributed by atoms with Crippen LogP contribution >= 0.6 is 11.6 Å². The van der Waals surface area contributed by atoms with Crippen molar-refractivity contribution in [3.8, 4) is 16.9 Å². The van der Waals surface area contributed by atoms with Gasteiger partial charge >= 0.3 is 0 Å². The Balaban J connectivity index is 1.78. The molecule has 0 bridgehead atoms. The molecule has 1 unspecified atom stereocenters. The van der Waals surface area contributed by atoms with Gasteiger partial charge in [0, 0.05) is 28.3 Å². The number of nitrogens with two attached hydrogens (primary N) is 1. The van der Waals surface area contributed by atoms with Gasteiger partial charge in [0.25, 0.3) is 5.91 Å². The molecular weight excluding hydrogens is 372 g/mol. The van der Waals surface area contributed by atoms with Crippen LogP contribution in [0.1, 0.15) is 37.6 Å². The zero-order valence-corrected chi connectivity index (χ0v) is 17.1. The van der Waals surface area contributed by atoms with Crippen molar-refractivity contribution in [2.75, 3.05) is 5.73 Å². The number of hydrogen-bond acceptors (Lipinski definition) is 3. The first-order chi connectivity index (χ1) is 13.3. The molecule has 1 heterocycles. The molecule has 0 aliphatic rings. The van der Waals surface area contributed by atoms with Crippen LogP contribution in [0.3, 0.4) is 0 Å². The molecule has 3 aromatic rings. The lowest BCUT2D eigenvalue weighted by Crippen LogP contribution is -2.33. The number of anilines is 1. The molecule has 0 aliphatic carbocycles. The monoisotopic (exact) mass is 396 g/mol. The van der Waals surface area contributed by atoms with Crippen LogP contribution < -0.4 is 11.1 Å². The number of aromatic nitrogens is 2. The Morgan fingerprint density at radius 1 is 1.14 bits per heavy atom.